The molecule has 0 atom stereocenters. The second kappa shape index (κ2) is 4.66. The number of benzene rings is 1. The molecule has 0 N–H and O–H groups in total. The summed E-state index contributed by atoms with van der Waals surface area (Å²) in [4.78, 5) is 0. The molecule has 0 aliphatic heterocycles. The summed E-state index contributed by atoms with van der Waals surface area (Å²) in [6, 6.07) is 10.5. The molecule has 68 valence electrons. The first-order chi connectivity index (χ1) is 6.20. The molecule has 0 aliphatic rings. The van der Waals surface area contributed by atoms with Crippen LogP contribution in [0.4, 0.5) is 0 Å². The molecule has 1 aromatic rings. The van der Waals surface area contributed by atoms with Crippen LogP contribution < -0.4 is 0 Å². The molecule has 0 amide bonds. The zero-order valence-electron chi connectivity index (χ0n) is 8.22. The highest BCUT2D eigenvalue weighted by atomic mass is 14.0. The van der Waals surface area contributed by atoms with Crippen LogP contribution in [-0.4, -0.2) is 0 Å². The highest BCUT2D eigenvalue weighted by Crippen LogP contribution is 2.12. The fourth-order valence-corrected chi connectivity index (χ4v) is 1.15. The van der Waals surface area contributed by atoms with Crippen molar-refractivity contribution in [2.45, 2.75) is 19.8 Å². The maximum Gasteiger partial charge on any atom is -0.0238 e. The van der Waals surface area contributed by atoms with E-state index in [0.717, 1.165) is 24.0 Å². The lowest BCUT2D eigenvalue weighted by Crippen LogP contribution is -1.88. The molecule has 0 heteroatoms. The van der Waals surface area contributed by atoms with E-state index in [4.69, 9.17) is 0 Å². The average molecular weight is 172 g/mol. The molecule has 0 nitrogen and oxygen atoms in total. The fraction of sp³-hybridized carbons (Fsp3) is 0.231. The third-order valence-electron chi connectivity index (χ3n) is 2.16. The lowest BCUT2D eigenvalue weighted by molar-refractivity contribution is 0.953. The first-order valence-electron chi connectivity index (χ1n) is 4.57. The Hall–Kier alpha value is -1.30. The summed E-state index contributed by atoms with van der Waals surface area (Å²) in [6.45, 7) is 9.84. The molecule has 0 bridgehead atoms. The number of allylic oxidation sites excluding steroid dienone is 2. The van der Waals surface area contributed by atoms with Crippen LogP contribution in [0.5, 0.6) is 0 Å². The van der Waals surface area contributed by atoms with Crippen molar-refractivity contribution in [1.29, 1.82) is 0 Å². The molecule has 1 rings (SSSR count). The van der Waals surface area contributed by atoms with E-state index in [2.05, 4.69) is 37.4 Å². The zero-order valence-corrected chi connectivity index (χ0v) is 8.22. The third-order valence-corrected chi connectivity index (χ3v) is 2.16. The Bertz CT molecular complexity index is 293. The number of hydrogen-bond acceptors (Lipinski definition) is 0. The summed E-state index contributed by atoms with van der Waals surface area (Å²) < 4.78 is 0. The Labute approximate surface area is 80.6 Å². The molecule has 0 saturated heterocycles. The number of hydrogen-bond donors (Lipinski definition) is 0. The summed E-state index contributed by atoms with van der Waals surface area (Å²) in [5.74, 6) is 0. The van der Waals surface area contributed by atoms with E-state index in [-0.39, 0.29) is 0 Å². The van der Waals surface area contributed by atoms with Crippen LogP contribution in [0.2, 0.25) is 0 Å². The SMILES string of the molecule is C=C(C)C(=C)CCc1ccccc1. The molecule has 0 fully saturated rings. The summed E-state index contributed by atoms with van der Waals surface area (Å²) in [5, 5.41) is 0. The lowest BCUT2D eigenvalue weighted by Gasteiger charge is -2.04. The monoisotopic (exact) mass is 172 g/mol. The summed E-state index contributed by atoms with van der Waals surface area (Å²) >= 11 is 0. The van der Waals surface area contributed by atoms with E-state index < -0.39 is 0 Å². The number of rotatable bonds is 4. The minimum Gasteiger partial charge on any atom is -0.0959 e. The topological polar surface area (TPSA) is 0 Å². The van der Waals surface area contributed by atoms with Gasteiger partial charge < -0.3 is 0 Å². The molecule has 0 heterocycles. The smallest absolute Gasteiger partial charge is 0.0238 e. The van der Waals surface area contributed by atoms with Crippen molar-refractivity contribution in [1.82, 2.24) is 0 Å². The highest BCUT2D eigenvalue weighted by Gasteiger charge is 1.96. The molecule has 0 aliphatic carbocycles. The largest absolute Gasteiger partial charge is 0.0959 e. The minimum atomic E-state index is 1.01. The molecule has 0 spiro atoms. The Kier molecular flexibility index (Phi) is 3.51. The van der Waals surface area contributed by atoms with Gasteiger partial charge in [0, 0.05) is 0 Å². The van der Waals surface area contributed by atoms with Crippen molar-refractivity contribution in [3.05, 3.63) is 60.2 Å². The Morgan fingerprint density at radius 2 is 1.77 bits per heavy atom. The van der Waals surface area contributed by atoms with Gasteiger partial charge in [0.05, 0.1) is 0 Å². The molecular weight excluding hydrogens is 156 g/mol. The molecular formula is C13H16. The van der Waals surface area contributed by atoms with Crippen LogP contribution in [0.15, 0.2) is 54.6 Å². The van der Waals surface area contributed by atoms with Crippen LogP contribution in [0, 0.1) is 0 Å². The van der Waals surface area contributed by atoms with Crippen LogP contribution in [0.25, 0.3) is 0 Å². The Morgan fingerprint density at radius 3 is 2.31 bits per heavy atom. The zero-order chi connectivity index (χ0) is 9.68. The van der Waals surface area contributed by atoms with Crippen LogP contribution in [-0.2, 0) is 6.42 Å². The van der Waals surface area contributed by atoms with Crippen LogP contribution in [0.3, 0.4) is 0 Å². The predicted molar refractivity (Wildman–Crippen MR) is 58.7 cm³/mol. The molecule has 1 aromatic carbocycles. The van der Waals surface area contributed by atoms with Crippen molar-refractivity contribution in [3.8, 4) is 0 Å². The minimum absolute atomic E-state index is 1.01. The normalized spacial score (nSPS) is 9.62. The van der Waals surface area contributed by atoms with Crippen LogP contribution >= 0.6 is 0 Å². The van der Waals surface area contributed by atoms with Crippen molar-refractivity contribution >= 4 is 0 Å². The molecule has 0 saturated carbocycles. The van der Waals surface area contributed by atoms with E-state index in [9.17, 15) is 0 Å². The summed E-state index contributed by atoms with van der Waals surface area (Å²) in [5.41, 5.74) is 3.62. The standard InChI is InChI=1S/C13H16/c1-11(2)12(3)9-10-13-7-5-4-6-8-13/h4-8H,1,3,9-10H2,2H3. The van der Waals surface area contributed by atoms with Gasteiger partial charge in [-0.05, 0) is 25.3 Å². The lowest BCUT2D eigenvalue weighted by atomic mass is 10.0. The molecule has 13 heavy (non-hydrogen) atoms. The Morgan fingerprint density at radius 1 is 1.15 bits per heavy atom. The van der Waals surface area contributed by atoms with Gasteiger partial charge in [0.2, 0.25) is 0 Å². The second-order valence-electron chi connectivity index (χ2n) is 3.37. The highest BCUT2D eigenvalue weighted by molar-refractivity contribution is 5.24. The first-order valence-corrected chi connectivity index (χ1v) is 4.57. The van der Waals surface area contributed by atoms with Crippen LogP contribution in [0.1, 0.15) is 18.9 Å². The van der Waals surface area contributed by atoms with E-state index >= 15 is 0 Å². The van der Waals surface area contributed by atoms with E-state index in [1.54, 1.807) is 0 Å². The van der Waals surface area contributed by atoms with Gasteiger partial charge in [0.15, 0.2) is 0 Å². The second-order valence-corrected chi connectivity index (χ2v) is 3.37. The van der Waals surface area contributed by atoms with Gasteiger partial charge in [0.25, 0.3) is 0 Å². The van der Waals surface area contributed by atoms with Gasteiger partial charge in [-0.1, -0.05) is 54.6 Å². The van der Waals surface area contributed by atoms with Gasteiger partial charge in [-0.25, -0.2) is 0 Å². The first kappa shape index (κ1) is 9.79. The van der Waals surface area contributed by atoms with Crippen molar-refractivity contribution in [2.24, 2.45) is 0 Å². The quantitative estimate of drug-likeness (QED) is 0.607. The molecule has 0 unspecified atom stereocenters. The van der Waals surface area contributed by atoms with Crippen molar-refractivity contribution in [3.63, 3.8) is 0 Å². The van der Waals surface area contributed by atoms with Gasteiger partial charge in [0.1, 0.15) is 0 Å². The third kappa shape index (κ3) is 3.29. The summed E-state index contributed by atoms with van der Waals surface area (Å²) in [7, 11) is 0. The summed E-state index contributed by atoms with van der Waals surface area (Å²) in [6.07, 6.45) is 2.08. The maximum absolute atomic E-state index is 3.97. The maximum atomic E-state index is 3.97. The van der Waals surface area contributed by atoms with Crippen molar-refractivity contribution in [2.75, 3.05) is 0 Å². The van der Waals surface area contributed by atoms with Gasteiger partial charge >= 0.3 is 0 Å². The van der Waals surface area contributed by atoms with E-state index in [1.165, 1.54) is 5.56 Å². The van der Waals surface area contributed by atoms with Gasteiger partial charge in [-0.2, -0.15) is 0 Å². The van der Waals surface area contributed by atoms with E-state index in [1.807, 2.05) is 13.0 Å². The van der Waals surface area contributed by atoms with E-state index in [0.29, 0.717) is 0 Å². The molecule has 0 radical (unpaired) electrons. The van der Waals surface area contributed by atoms with Gasteiger partial charge in [-0.3, -0.25) is 0 Å². The predicted octanol–water partition coefficient (Wildman–Crippen LogP) is 3.75. The average Bonchev–Trinajstić information content (AvgIpc) is 2.15. The fourth-order valence-electron chi connectivity index (χ4n) is 1.15. The number of aryl methyl sites for hydroxylation is 1. The Balaban J connectivity index is 2.44. The molecule has 0 aromatic heterocycles. The van der Waals surface area contributed by atoms with Crippen molar-refractivity contribution < 1.29 is 0 Å². The van der Waals surface area contributed by atoms with Gasteiger partial charge in [-0.15, -0.1) is 0 Å².